The van der Waals surface area contributed by atoms with Gasteiger partial charge in [0, 0.05) is 17.8 Å². The lowest BCUT2D eigenvalue weighted by atomic mass is 9.46. The number of aliphatic hydroxyl groups is 10. The van der Waals surface area contributed by atoms with E-state index in [9.17, 15) is 51.1 Å². The summed E-state index contributed by atoms with van der Waals surface area (Å²) >= 11 is 0. The van der Waals surface area contributed by atoms with Crippen molar-refractivity contribution in [3.63, 3.8) is 0 Å². The normalized spacial score (nSPS) is 58.1. The number of fused-ring (bicyclic) bond motifs is 7. The summed E-state index contributed by atoms with van der Waals surface area (Å²) in [5.74, 6) is 0.580. The Morgan fingerprint density at radius 1 is 0.683 bits per heavy atom. The van der Waals surface area contributed by atoms with Crippen LogP contribution in [0.4, 0.5) is 0 Å². The molecule has 5 heterocycles. The van der Waals surface area contributed by atoms with E-state index in [1.807, 2.05) is 0 Å². The molecule has 0 aromatic rings. The van der Waals surface area contributed by atoms with Crippen molar-refractivity contribution in [3.05, 3.63) is 11.6 Å². The predicted octanol–water partition coefficient (Wildman–Crippen LogP) is -0.671. The summed E-state index contributed by atoms with van der Waals surface area (Å²) in [5.41, 5.74) is -0.202. The molecule has 5 aliphatic heterocycles. The third-order valence-electron chi connectivity index (χ3n) is 17.9. The summed E-state index contributed by atoms with van der Waals surface area (Å²) < 4.78 is 50.0. The molecule has 0 bridgehead atoms. The number of hydrogen-bond acceptors (Lipinski definition) is 18. The van der Waals surface area contributed by atoms with Crippen LogP contribution >= 0.6 is 0 Å². The minimum absolute atomic E-state index is 0.143. The average molecular weight is 901 g/mol. The van der Waals surface area contributed by atoms with E-state index in [1.54, 1.807) is 0 Å². The lowest BCUT2D eigenvalue weighted by Crippen LogP contribution is -2.67. The van der Waals surface area contributed by atoms with Gasteiger partial charge in [0.15, 0.2) is 24.7 Å². The number of ether oxygens (including phenoxy) is 8. The Kier molecular flexibility index (Phi) is 12.9. The first kappa shape index (κ1) is 47.1. The molecule has 26 atom stereocenters. The molecular formula is C45H72O18. The van der Waals surface area contributed by atoms with Crippen molar-refractivity contribution in [2.75, 3.05) is 19.8 Å². The van der Waals surface area contributed by atoms with E-state index in [2.05, 4.69) is 33.8 Å². The zero-order valence-electron chi connectivity index (χ0n) is 37.0. The molecule has 9 aliphatic rings. The van der Waals surface area contributed by atoms with Crippen LogP contribution in [0.15, 0.2) is 11.6 Å². The van der Waals surface area contributed by atoms with Crippen LogP contribution in [0.25, 0.3) is 0 Å². The first-order valence-electron chi connectivity index (χ1n) is 23.5. The fourth-order valence-corrected chi connectivity index (χ4v) is 13.9. The van der Waals surface area contributed by atoms with Crippen LogP contribution in [0.3, 0.4) is 0 Å². The van der Waals surface area contributed by atoms with Crippen molar-refractivity contribution >= 4 is 0 Å². The van der Waals surface area contributed by atoms with E-state index in [0.717, 1.165) is 44.9 Å². The maximum absolute atomic E-state index is 12.8. The molecule has 63 heavy (non-hydrogen) atoms. The Balaban J connectivity index is 0.948. The Morgan fingerprint density at radius 2 is 1.33 bits per heavy atom. The fraction of sp³-hybridized carbons (Fsp3) is 0.956. The molecule has 10 N–H and O–H groups in total. The van der Waals surface area contributed by atoms with Crippen molar-refractivity contribution in [2.24, 2.45) is 40.4 Å². The molecule has 3 saturated carbocycles. The Morgan fingerprint density at radius 3 is 2.02 bits per heavy atom. The smallest absolute Gasteiger partial charge is 0.187 e. The first-order valence-corrected chi connectivity index (χ1v) is 23.5. The number of allylic oxidation sites excluding steroid dienone is 1. The van der Waals surface area contributed by atoms with Crippen LogP contribution in [0.5, 0.6) is 0 Å². The van der Waals surface area contributed by atoms with Gasteiger partial charge >= 0.3 is 0 Å². The first-order chi connectivity index (χ1) is 29.8. The molecule has 0 unspecified atom stereocenters. The van der Waals surface area contributed by atoms with E-state index >= 15 is 0 Å². The molecule has 360 valence electrons. The molecule has 18 nitrogen and oxygen atoms in total. The van der Waals surface area contributed by atoms with Crippen LogP contribution in [0, 0.1) is 40.4 Å². The number of hydrogen-bond donors (Lipinski definition) is 10. The second-order valence-electron chi connectivity index (χ2n) is 21.2. The molecule has 0 aromatic carbocycles. The molecule has 0 radical (unpaired) electrons. The summed E-state index contributed by atoms with van der Waals surface area (Å²) in [7, 11) is 0. The van der Waals surface area contributed by atoms with E-state index < -0.39 is 123 Å². The highest BCUT2D eigenvalue weighted by Crippen LogP contribution is 2.72. The minimum atomic E-state index is -1.86. The Hall–Kier alpha value is -0.980. The van der Waals surface area contributed by atoms with Gasteiger partial charge < -0.3 is 89.0 Å². The van der Waals surface area contributed by atoms with E-state index in [4.69, 9.17) is 37.9 Å². The van der Waals surface area contributed by atoms with Gasteiger partial charge in [-0.15, -0.1) is 0 Å². The second kappa shape index (κ2) is 17.2. The molecule has 0 aromatic heterocycles. The maximum atomic E-state index is 12.8. The molecule has 18 heteroatoms. The van der Waals surface area contributed by atoms with Gasteiger partial charge in [0.2, 0.25) is 0 Å². The summed E-state index contributed by atoms with van der Waals surface area (Å²) in [6, 6.07) is 0. The fourth-order valence-electron chi connectivity index (χ4n) is 13.9. The minimum Gasteiger partial charge on any atom is -0.394 e. The molecule has 1 spiro atoms. The second-order valence-corrected chi connectivity index (χ2v) is 21.2. The van der Waals surface area contributed by atoms with E-state index in [0.29, 0.717) is 37.2 Å². The van der Waals surface area contributed by atoms with Gasteiger partial charge in [-0.1, -0.05) is 39.3 Å². The molecule has 9 rings (SSSR count). The van der Waals surface area contributed by atoms with Crippen molar-refractivity contribution in [3.8, 4) is 0 Å². The molecule has 8 fully saturated rings. The van der Waals surface area contributed by atoms with Gasteiger partial charge in [0.1, 0.15) is 72.7 Å². The molecular weight excluding hydrogens is 828 g/mol. The van der Waals surface area contributed by atoms with Gasteiger partial charge in [0.05, 0.1) is 38.1 Å². The molecule has 5 saturated heterocycles. The average Bonchev–Trinajstić information content (AvgIpc) is 3.62. The highest BCUT2D eigenvalue weighted by atomic mass is 16.8. The lowest BCUT2D eigenvalue weighted by Gasteiger charge is -2.60. The summed E-state index contributed by atoms with van der Waals surface area (Å²) in [4.78, 5) is 0. The van der Waals surface area contributed by atoms with Gasteiger partial charge in [-0.05, 0) is 87.4 Å². The van der Waals surface area contributed by atoms with Crippen LogP contribution in [0.2, 0.25) is 0 Å². The van der Waals surface area contributed by atoms with Crippen molar-refractivity contribution in [1.82, 2.24) is 0 Å². The van der Waals surface area contributed by atoms with Crippen molar-refractivity contribution in [2.45, 2.75) is 208 Å². The quantitative estimate of drug-likeness (QED) is 0.135. The van der Waals surface area contributed by atoms with Gasteiger partial charge in [-0.3, -0.25) is 0 Å². The van der Waals surface area contributed by atoms with Crippen LogP contribution < -0.4 is 0 Å². The molecule has 4 aliphatic carbocycles. The topological polar surface area (TPSA) is 276 Å². The highest BCUT2D eigenvalue weighted by molar-refractivity contribution is 5.29. The zero-order valence-corrected chi connectivity index (χ0v) is 37.0. The largest absolute Gasteiger partial charge is 0.394 e. The Labute approximate surface area is 368 Å². The SMILES string of the molecule is C[C@@H]1CC[C@@]2(OC1)O[C@@H]1C[C@H]3[C@H]4CC=C5C[C@H](O[C@H]6O[C@@H](CO)[C@@H](O)[C@@H](O[C@H]7O[C@H](CO)[C@@H](O)[C@H](O)[C@H]7O)[C@@H]6O[C@H]6O[C@H](C)[C@@H](O)[C@H](O)[C@H]6O)CC[C@]5(C)[C@@H]4CC[C@]3(C)[C@@]1(O)[C@@H]2C. The molecule has 0 amide bonds. The van der Waals surface area contributed by atoms with Crippen LogP contribution in [0.1, 0.15) is 92.4 Å². The monoisotopic (exact) mass is 900 g/mol. The summed E-state index contributed by atoms with van der Waals surface area (Å²) in [5, 5.41) is 109. The van der Waals surface area contributed by atoms with Gasteiger partial charge in [-0.2, -0.15) is 0 Å². The third-order valence-corrected chi connectivity index (χ3v) is 17.9. The summed E-state index contributed by atoms with van der Waals surface area (Å²) in [6.07, 6.45) is -14.6. The lowest BCUT2D eigenvalue weighted by molar-refractivity contribution is -0.394. The van der Waals surface area contributed by atoms with Crippen molar-refractivity contribution in [1.29, 1.82) is 0 Å². The maximum Gasteiger partial charge on any atom is 0.187 e. The van der Waals surface area contributed by atoms with E-state index in [1.165, 1.54) is 12.5 Å². The Bertz CT molecular complexity index is 1660. The van der Waals surface area contributed by atoms with Crippen molar-refractivity contribution < 1.29 is 89.0 Å². The number of aliphatic hydroxyl groups excluding tert-OH is 9. The van der Waals surface area contributed by atoms with Crippen LogP contribution in [-0.2, 0) is 37.9 Å². The predicted molar refractivity (Wildman–Crippen MR) is 216 cm³/mol. The standard InChI is InChI=1S/C45H72O18/c1-19-8-13-44(56-18-19)21(3)45(55)29(63-44)15-26-24-7-6-22-14-23(9-11-42(22,4)25(24)10-12-43(26,45)5)58-41-38(62-39-35(53)33(51)30(48)20(2)57-39)37(32(50)28(17-47)60-41)61-40-36(54)34(52)31(49)27(16-46)59-40/h6,19-21,23-41,46-55H,7-18H2,1-5H3/t19-,20-,21-,23-,24+,25-,26+,27-,28+,29-,30-,31-,32-,33+,34+,35-,36-,37-,38+,39-,40-,41+,42+,43+,44-,45-/m1/s1. The van der Waals surface area contributed by atoms with Gasteiger partial charge in [0.25, 0.3) is 0 Å². The summed E-state index contributed by atoms with van der Waals surface area (Å²) in [6.45, 7) is 9.64. The highest BCUT2D eigenvalue weighted by Gasteiger charge is 2.76. The van der Waals surface area contributed by atoms with Gasteiger partial charge in [-0.25, -0.2) is 0 Å². The number of rotatable bonds is 8. The third kappa shape index (κ3) is 7.35. The van der Waals surface area contributed by atoms with E-state index in [-0.39, 0.29) is 28.8 Å². The zero-order chi connectivity index (χ0) is 45.1. The van der Waals surface area contributed by atoms with Crippen LogP contribution in [-0.4, -0.2) is 187 Å².